The van der Waals surface area contributed by atoms with Gasteiger partial charge in [0, 0.05) is 31.9 Å². The van der Waals surface area contributed by atoms with E-state index in [-0.39, 0.29) is 0 Å². The van der Waals surface area contributed by atoms with Crippen LogP contribution in [0, 0.1) is 0 Å². The molecular formula is C13H15Cl2N5. The Labute approximate surface area is 127 Å². The number of anilines is 2. The monoisotopic (exact) mass is 311 g/mol. The molecule has 2 aromatic heterocycles. The highest BCUT2D eigenvalue weighted by atomic mass is 35.5. The van der Waals surface area contributed by atoms with Gasteiger partial charge in [-0.3, -0.25) is 4.98 Å². The highest BCUT2D eigenvalue weighted by Gasteiger charge is 2.12. The minimum Gasteiger partial charge on any atom is -0.358 e. The lowest BCUT2D eigenvalue weighted by molar-refractivity contribution is 0.839. The van der Waals surface area contributed by atoms with Crippen LogP contribution < -0.4 is 16.2 Å². The van der Waals surface area contributed by atoms with Gasteiger partial charge in [0.15, 0.2) is 5.82 Å². The minimum absolute atomic E-state index is 0.388. The Morgan fingerprint density at radius 1 is 1.30 bits per heavy atom. The van der Waals surface area contributed by atoms with Crippen LogP contribution in [0.25, 0.3) is 0 Å². The molecule has 0 fully saturated rings. The number of pyridine rings is 2. The van der Waals surface area contributed by atoms with Crippen molar-refractivity contribution >= 4 is 34.8 Å². The van der Waals surface area contributed by atoms with Crippen molar-refractivity contribution in [2.45, 2.75) is 6.42 Å². The van der Waals surface area contributed by atoms with Crippen molar-refractivity contribution in [2.75, 3.05) is 23.9 Å². The molecule has 0 saturated carbocycles. The predicted octanol–water partition coefficient (Wildman–Crippen LogP) is 2.75. The van der Waals surface area contributed by atoms with E-state index in [0.29, 0.717) is 21.7 Å². The maximum absolute atomic E-state index is 6.16. The van der Waals surface area contributed by atoms with Crippen LogP contribution in [0.2, 0.25) is 10.0 Å². The van der Waals surface area contributed by atoms with Crippen molar-refractivity contribution in [1.29, 1.82) is 0 Å². The number of hydrogen-bond donors (Lipinski definition) is 2. The molecule has 0 unspecified atom stereocenters. The van der Waals surface area contributed by atoms with E-state index in [1.165, 1.54) is 0 Å². The van der Waals surface area contributed by atoms with Gasteiger partial charge in [-0.1, -0.05) is 29.3 Å². The number of nitrogens with one attached hydrogen (secondary N) is 1. The van der Waals surface area contributed by atoms with Crippen molar-refractivity contribution in [1.82, 2.24) is 9.97 Å². The second-order valence-corrected chi connectivity index (χ2v) is 5.08. The lowest BCUT2D eigenvalue weighted by Gasteiger charge is -2.20. The van der Waals surface area contributed by atoms with Crippen LogP contribution in [-0.4, -0.2) is 23.6 Å². The van der Waals surface area contributed by atoms with E-state index in [0.717, 1.165) is 18.7 Å². The van der Waals surface area contributed by atoms with Gasteiger partial charge in [-0.05, 0) is 18.2 Å². The summed E-state index contributed by atoms with van der Waals surface area (Å²) < 4.78 is 0. The number of halogens is 2. The summed E-state index contributed by atoms with van der Waals surface area (Å²) in [7, 11) is 1.91. The lowest BCUT2D eigenvalue weighted by Crippen LogP contribution is -2.23. The summed E-state index contributed by atoms with van der Waals surface area (Å²) in [4.78, 5) is 10.5. The highest BCUT2D eigenvalue weighted by Crippen LogP contribution is 2.30. The van der Waals surface area contributed by atoms with Gasteiger partial charge in [-0.15, -0.1) is 0 Å². The molecule has 106 valence electrons. The molecule has 20 heavy (non-hydrogen) atoms. The molecule has 0 atom stereocenters. The van der Waals surface area contributed by atoms with Gasteiger partial charge >= 0.3 is 0 Å². The standard InChI is InChI=1S/C13H15Cl2N5/c1-20(7-5-9-4-2-3-6-17-9)13-11(15)8-10(14)12(18-13)19-16/h2-4,6,8H,5,7,16H2,1H3,(H,18,19). The summed E-state index contributed by atoms with van der Waals surface area (Å²) in [6.07, 6.45) is 2.57. The van der Waals surface area contributed by atoms with Crippen molar-refractivity contribution in [3.05, 3.63) is 46.2 Å². The molecule has 0 saturated heterocycles. The first-order chi connectivity index (χ1) is 9.61. The van der Waals surface area contributed by atoms with Crippen LogP contribution in [0.5, 0.6) is 0 Å². The first-order valence-corrected chi connectivity index (χ1v) is 6.81. The van der Waals surface area contributed by atoms with Crippen LogP contribution in [0.4, 0.5) is 11.6 Å². The van der Waals surface area contributed by atoms with Crippen LogP contribution in [0.1, 0.15) is 5.69 Å². The van der Waals surface area contributed by atoms with Crippen LogP contribution >= 0.6 is 23.2 Å². The summed E-state index contributed by atoms with van der Waals surface area (Å²) in [5, 5.41) is 0.872. The zero-order valence-corrected chi connectivity index (χ0v) is 12.5. The maximum atomic E-state index is 6.16. The second-order valence-electron chi connectivity index (χ2n) is 4.26. The molecular weight excluding hydrogens is 297 g/mol. The molecule has 0 amide bonds. The van der Waals surface area contributed by atoms with E-state index in [4.69, 9.17) is 29.0 Å². The molecule has 3 N–H and O–H groups in total. The topological polar surface area (TPSA) is 67.1 Å². The molecule has 0 spiro atoms. The van der Waals surface area contributed by atoms with E-state index >= 15 is 0 Å². The molecule has 5 nitrogen and oxygen atoms in total. The molecule has 0 aliphatic rings. The van der Waals surface area contributed by atoms with Crippen molar-refractivity contribution in [2.24, 2.45) is 5.84 Å². The fraction of sp³-hybridized carbons (Fsp3) is 0.231. The van der Waals surface area contributed by atoms with E-state index in [1.54, 1.807) is 12.3 Å². The second kappa shape index (κ2) is 6.74. The number of nitrogens with two attached hydrogens (primary N) is 1. The van der Waals surface area contributed by atoms with Crippen LogP contribution in [-0.2, 0) is 6.42 Å². The summed E-state index contributed by atoms with van der Waals surface area (Å²) in [5.74, 6) is 6.39. The van der Waals surface area contributed by atoms with Crippen LogP contribution in [0.3, 0.4) is 0 Å². The van der Waals surface area contributed by atoms with E-state index < -0.39 is 0 Å². The minimum atomic E-state index is 0.388. The van der Waals surface area contributed by atoms with Gasteiger partial charge in [-0.25, -0.2) is 10.8 Å². The largest absolute Gasteiger partial charge is 0.358 e. The zero-order valence-electron chi connectivity index (χ0n) is 11.0. The lowest BCUT2D eigenvalue weighted by atomic mass is 10.2. The number of likely N-dealkylation sites (N-methyl/N-ethyl adjacent to an activating group) is 1. The number of nitrogen functional groups attached to an aromatic ring is 1. The third-order valence-electron chi connectivity index (χ3n) is 2.84. The van der Waals surface area contributed by atoms with Gasteiger partial charge in [0.2, 0.25) is 0 Å². The summed E-state index contributed by atoms with van der Waals surface area (Å²) in [6.45, 7) is 0.732. The smallest absolute Gasteiger partial charge is 0.161 e. The van der Waals surface area contributed by atoms with Gasteiger partial charge in [0.05, 0.1) is 10.0 Å². The van der Waals surface area contributed by atoms with Crippen LogP contribution in [0.15, 0.2) is 30.5 Å². The number of nitrogens with zero attached hydrogens (tertiary/aromatic N) is 3. The highest BCUT2D eigenvalue weighted by molar-refractivity contribution is 6.37. The molecule has 0 radical (unpaired) electrons. The molecule has 0 aliphatic heterocycles. The molecule has 2 rings (SSSR count). The normalized spacial score (nSPS) is 10.4. The molecule has 0 aromatic carbocycles. The van der Waals surface area contributed by atoms with Crippen molar-refractivity contribution in [3.63, 3.8) is 0 Å². The summed E-state index contributed by atoms with van der Waals surface area (Å²) in [5.41, 5.74) is 3.47. The van der Waals surface area contributed by atoms with Gasteiger partial charge < -0.3 is 10.3 Å². The Bertz CT molecular complexity index is 576. The third kappa shape index (κ3) is 3.50. The molecule has 7 heteroatoms. The third-order valence-corrected chi connectivity index (χ3v) is 3.41. The van der Waals surface area contributed by atoms with E-state index in [1.807, 2.05) is 30.1 Å². The van der Waals surface area contributed by atoms with E-state index in [2.05, 4.69) is 15.4 Å². The first kappa shape index (κ1) is 14.8. The fourth-order valence-corrected chi connectivity index (χ4v) is 2.32. The Kier molecular flexibility index (Phi) is 5.00. The number of hydrogen-bond acceptors (Lipinski definition) is 5. The molecule has 0 bridgehead atoms. The molecule has 2 aromatic rings. The first-order valence-electron chi connectivity index (χ1n) is 6.05. The van der Waals surface area contributed by atoms with Gasteiger partial charge in [0.25, 0.3) is 0 Å². The Morgan fingerprint density at radius 2 is 2.10 bits per heavy atom. The molecule has 2 heterocycles. The van der Waals surface area contributed by atoms with Crippen molar-refractivity contribution < 1.29 is 0 Å². The predicted molar refractivity (Wildman–Crippen MR) is 83.3 cm³/mol. The Balaban J connectivity index is 2.11. The maximum Gasteiger partial charge on any atom is 0.161 e. The number of aromatic nitrogens is 2. The number of hydrazine groups is 1. The average molecular weight is 312 g/mol. The fourth-order valence-electron chi connectivity index (χ4n) is 1.76. The zero-order chi connectivity index (χ0) is 14.5. The van der Waals surface area contributed by atoms with Gasteiger partial charge in [-0.2, -0.15) is 0 Å². The van der Waals surface area contributed by atoms with Crippen molar-refractivity contribution in [3.8, 4) is 0 Å². The number of rotatable bonds is 5. The summed E-state index contributed by atoms with van der Waals surface area (Å²) >= 11 is 12.1. The SMILES string of the molecule is CN(CCc1ccccn1)c1nc(NN)c(Cl)cc1Cl. The summed E-state index contributed by atoms with van der Waals surface area (Å²) in [6, 6.07) is 7.46. The van der Waals surface area contributed by atoms with E-state index in [9.17, 15) is 0 Å². The van der Waals surface area contributed by atoms with Gasteiger partial charge in [0.1, 0.15) is 5.82 Å². The molecule has 0 aliphatic carbocycles. The Hall–Kier alpha value is -1.56. The average Bonchev–Trinajstić information content (AvgIpc) is 2.46. The Morgan fingerprint density at radius 3 is 2.75 bits per heavy atom. The quantitative estimate of drug-likeness (QED) is 0.656.